The summed E-state index contributed by atoms with van der Waals surface area (Å²) in [5.74, 6) is -1.15. The van der Waals surface area contributed by atoms with Gasteiger partial charge in [-0.15, -0.1) is 5.10 Å². The van der Waals surface area contributed by atoms with Crippen LogP contribution in [0.1, 0.15) is 22.2 Å². The molecular formula is C11H10ClN3O3. The zero-order valence-electron chi connectivity index (χ0n) is 9.19. The molecule has 0 spiro atoms. The van der Waals surface area contributed by atoms with Gasteiger partial charge in [0.1, 0.15) is 0 Å². The molecule has 94 valence electrons. The normalized spacial score (nSPS) is 12.3. The molecule has 0 aliphatic carbocycles. The fourth-order valence-corrected chi connectivity index (χ4v) is 1.68. The molecule has 1 aromatic heterocycles. The Morgan fingerprint density at radius 3 is 2.89 bits per heavy atom. The number of carboxylic acid groups (broad SMARTS) is 1. The monoisotopic (exact) mass is 267 g/mol. The zero-order chi connectivity index (χ0) is 13.1. The van der Waals surface area contributed by atoms with Crippen LogP contribution >= 0.6 is 11.6 Å². The lowest BCUT2D eigenvalue weighted by Crippen LogP contribution is -2.09. The van der Waals surface area contributed by atoms with Crippen molar-refractivity contribution < 1.29 is 15.0 Å². The van der Waals surface area contributed by atoms with E-state index in [2.05, 4.69) is 10.3 Å². The number of aliphatic hydroxyl groups excluding tert-OH is 1. The van der Waals surface area contributed by atoms with E-state index in [0.29, 0.717) is 10.6 Å². The number of nitrogens with zero attached hydrogens (tertiary/aromatic N) is 3. The maximum absolute atomic E-state index is 10.6. The third-order valence-electron chi connectivity index (χ3n) is 2.35. The molecule has 0 amide bonds. The first-order chi connectivity index (χ1) is 8.56. The van der Waals surface area contributed by atoms with Crippen LogP contribution in [0.3, 0.4) is 0 Å². The molecule has 0 aliphatic rings. The predicted molar refractivity (Wildman–Crippen MR) is 63.4 cm³/mol. The molecule has 2 rings (SSSR count). The smallest absolute Gasteiger partial charge is 0.358 e. The van der Waals surface area contributed by atoms with Crippen molar-refractivity contribution in [3.05, 3.63) is 46.7 Å². The van der Waals surface area contributed by atoms with Crippen LogP contribution in [0.25, 0.3) is 0 Å². The van der Waals surface area contributed by atoms with Crippen molar-refractivity contribution in [3.8, 4) is 0 Å². The number of benzene rings is 1. The van der Waals surface area contributed by atoms with Gasteiger partial charge < -0.3 is 10.2 Å². The summed E-state index contributed by atoms with van der Waals surface area (Å²) in [5, 5.41) is 26.2. The van der Waals surface area contributed by atoms with Gasteiger partial charge in [0.15, 0.2) is 5.69 Å². The zero-order valence-corrected chi connectivity index (χ0v) is 9.95. The molecule has 1 aromatic carbocycles. The Kier molecular flexibility index (Phi) is 3.59. The predicted octanol–water partition coefficient (Wildman–Crippen LogP) is 1.36. The van der Waals surface area contributed by atoms with Gasteiger partial charge in [-0.25, -0.2) is 9.48 Å². The Balaban J connectivity index is 2.11. The summed E-state index contributed by atoms with van der Waals surface area (Å²) in [6, 6.07) is 6.80. The highest BCUT2D eigenvalue weighted by molar-refractivity contribution is 6.30. The molecular weight excluding hydrogens is 258 g/mol. The number of aromatic nitrogens is 3. The van der Waals surface area contributed by atoms with Gasteiger partial charge in [-0.1, -0.05) is 28.9 Å². The number of aliphatic hydroxyl groups is 1. The maximum Gasteiger partial charge on any atom is 0.358 e. The second-order valence-corrected chi connectivity index (χ2v) is 4.14. The minimum atomic E-state index is -1.15. The Bertz CT molecular complexity index is 570. The molecule has 18 heavy (non-hydrogen) atoms. The third kappa shape index (κ3) is 2.85. The average Bonchev–Trinajstić information content (AvgIpc) is 2.77. The minimum absolute atomic E-state index is 0.112. The summed E-state index contributed by atoms with van der Waals surface area (Å²) in [5.41, 5.74) is 0.475. The quantitative estimate of drug-likeness (QED) is 0.873. The van der Waals surface area contributed by atoms with Gasteiger partial charge in [0.2, 0.25) is 0 Å². The van der Waals surface area contributed by atoms with Gasteiger partial charge >= 0.3 is 5.97 Å². The number of carboxylic acids is 1. The van der Waals surface area contributed by atoms with E-state index >= 15 is 0 Å². The van der Waals surface area contributed by atoms with E-state index in [0.717, 1.165) is 0 Å². The Labute approximate surface area is 107 Å². The van der Waals surface area contributed by atoms with Crippen LogP contribution in [0.2, 0.25) is 5.02 Å². The first-order valence-electron chi connectivity index (χ1n) is 5.13. The van der Waals surface area contributed by atoms with Crippen molar-refractivity contribution in [2.24, 2.45) is 0 Å². The van der Waals surface area contributed by atoms with Crippen LogP contribution in [0.15, 0.2) is 30.5 Å². The number of rotatable bonds is 4. The third-order valence-corrected chi connectivity index (χ3v) is 2.59. The summed E-state index contributed by atoms with van der Waals surface area (Å²) in [4.78, 5) is 10.6. The lowest BCUT2D eigenvalue weighted by molar-refractivity contribution is 0.0690. The highest BCUT2D eigenvalue weighted by atomic mass is 35.5. The first kappa shape index (κ1) is 12.5. The molecule has 2 aromatic rings. The van der Waals surface area contributed by atoms with Crippen molar-refractivity contribution in [1.82, 2.24) is 15.0 Å². The second-order valence-electron chi connectivity index (χ2n) is 3.70. The van der Waals surface area contributed by atoms with E-state index in [4.69, 9.17) is 16.7 Å². The second kappa shape index (κ2) is 5.16. The summed E-state index contributed by atoms with van der Waals surface area (Å²) in [6.45, 7) is 0.112. The fraction of sp³-hybridized carbons (Fsp3) is 0.182. The van der Waals surface area contributed by atoms with Gasteiger partial charge in [-0.2, -0.15) is 0 Å². The molecule has 0 saturated heterocycles. The number of carbonyl (C=O) groups is 1. The van der Waals surface area contributed by atoms with Crippen LogP contribution in [-0.2, 0) is 6.54 Å². The average molecular weight is 268 g/mol. The van der Waals surface area contributed by atoms with E-state index in [-0.39, 0.29) is 12.2 Å². The molecule has 1 heterocycles. The van der Waals surface area contributed by atoms with Crippen LogP contribution in [-0.4, -0.2) is 31.2 Å². The molecule has 0 aliphatic heterocycles. The van der Waals surface area contributed by atoms with Crippen molar-refractivity contribution in [2.45, 2.75) is 12.6 Å². The van der Waals surface area contributed by atoms with Crippen molar-refractivity contribution in [2.75, 3.05) is 0 Å². The largest absolute Gasteiger partial charge is 0.476 e. The number of halogens is 1. The number of aromatic carboxylic acids is 1. The summed E-state index contributed by atoms with van der Waals surface area (Å²) < 4.78 is 1.27. The highest BCUT2D eigenvalue weighted by Gasteiger charge is 2.12. The Morgan fingerprint density at radius 2 is 2.28 bits per heavy atom. The Morgan fingerprint density at radius 1 is 1.50 bits per heavy atom. The highest BCUT2D eigenvalue weighted by Crippen LogP contribution is 2.18. The van der Waals surface area contributed by atoms with Crippen LogP contribution in [0.4, 0.5) is 0 Å². The van der Waals surface area contributed by atoms with Crippen LogP contribution in [0.5, 0.6) is 0 Å². The van der Waals surface area contributed by atoms with Crippen molar-refractivity contribution in [3.63, 3.8) is 0 Å². The minimum Gasteiger partial charge on any atom is -0.476 e. The van der Waals surface area contributed by atoms with Crippen LogP contribution < -0.4 is 0 Å². The molecule has 2 N–H and O–H groups in total. The molecule has 0 bridgehead atoms. The summed E-state index contributed by atoms with van der Waals surface area (Å²) in [7, 11) is 0. The maximum atomic E-state index is 10.6. The molecule has 7 heteroatoms. The lowest BCUT2D eigenvalue weighted by atomic mass is 10.1. The molecule has 0 saturated carbocycles. The van der Waals surface area contributed by atoms with E-state index in [1.54, 1.807) is 24.3 Å². The van der Waals surface area contributed by atoms with Gasteiger partial charge in [0.25, 0.3) is 0 Å². The standard InChI is InChI=1S/C11H10ClN3O3/c12-8-3-1-2-7(4-8)10(16)6-15-5-9(11(17)18)13-14-15/h1-5,10,16H,6H2,(H,17,18)/t10-/m1/s1. The number of hydrogen-bond donors (Lipinski definition) is 2. The van der Waals surface area contributed by atoms with Gasteiger partial charge in [0.05, 0.1) is 18.8 Å². The van der Waals surface area contributed by atoms with E-state index in [1.165, 1.54) is 10.9 Å². The molecule has 0 fully saturated rings. The molecule has 0 radical (unpaired) electrons. The first-order valence-corrected chi connectivity index (χ1v) is 5.51. The SMILES string of the molecule is O=C(O)c1cn(C[C@@H](O)c2cccc(Cl)c2)nn1. The van der Waals surface area contributed by atoms with Crippen LogP contribution in [0, 0.1) is 0 Å². The van der Waals surface area contributed by atoms with Gasteiger partial charge in [0, 0.05) is 5.02 Å². The molecule has 0 unspecified atom stereocenters. The van der Waals surface area contributed by atoms with Crippen molar-refractivity contribution >= 4 is 17.6 Å². The molecule has 6 nitrogen and oxygen atoms in total. The van der Waals surface area contributed by atoms with Gasteiger partial charge in [-0.05, 0) is 17.7 Å². The van der Waals surface area contributed by atoms with E-state index in [9.17, 15) is 9.90 Å². The molecule has 1 atom stereocenters. The Hall–Kier alpha value is -1.92. The van der Waals surface area contributed by atoms with Crippen molar-refractivity contribution in [1.29, 1.82) is 0 Å². The van der Waals surface area contributed by atoms with E-state index < -0.39 is 12.1 Å². The lowest BCUT2D eigenvalue weighted by Gasteiger charge is -2.10. The summed E-state index contributed by atoms with van der Waals surface area (Å²) in [6.07, 6.45) is 0.433. The fourth-order valence-electron chi connectivity index (χ4n) is 1.48. The van der Waals surface area contributed by atoms with E-state index in [1.807, 2.05) is 0 Å². The number of hydrogen-bond acceptors (Lipinski definition) is 4. The topological polar surface area (TPSA) is 88.2 Å². The summed E-state index contributed by atoms with van der Waals surface area (Å²) >= 11 is 5.81. The van der Waals surface area contributed by atoms with Gasteiger partial charge in [-0.3, -0.25) is 0 Å².